The number of anilines is 2. The van der Waals surface area contributed by atoms with Crippen LogP contribution in [0.3, 0.4) is 0 Å². The molecule has 0 spiro atoms. The molecule has 0 atom stereocenters. The van der Waals surface area contributed by atoms with Gasteiger partial charge >= 0.3 is 6.09 Å². The first-order valence-electron chi connectivity index (χ1n) is 12.5. The molecule has 1 aliphatic rings. The SMILES string of the molecule is CC.CC(C)(C)OC(=O)Nc1ccc(-c2cccs2)cc1NC(=O)c1cn(Cc2ccc3c(c2)OCO3)nn1. The molecule has 2 aromatic heterocycles. The third-order valence-corrected chi connectivity index (χ3v) is 6.18. The van der Waals surface area contributed by atoms with Gasteiger partial charge in [0, 0.05) is 4.88 Å². The van der Waals surface area contributed by atoms with E-state index in [1.807, 2.05) is 55.6 Å². The number of benzene rings is 2. The second-order valence-electron chi connectivity index (χ2n) is 9.31. The van der Waals surface area contributed by atoms with Gasteiger partial charge in [0.2, 0.25) is 6.79 Å². The average Bonchev–Trinajstić information content (AvgIpc) is 3.67. The van der Waals surface area contributed by atoms with Crippen LogP contribution in [0.1, 0.15) is 50.7 Å². The Hall–Kier alpha value is -4.38. The molecule has 0 saturated carbocycles. The van der Waals surface area contributed by atoms with Gasteiger partial charge in [0.25, 0.3) is 5.91 Å². The Balaban J connectivity index is 0.00000172. The summed E-state index contributed by atoms with van der Waals surface area (Å²) in [4.78, 5) is 26.5. The number of hydrogen-bond acceptors (Lipinski definition) is 8. The highest BCUT2D eigenvalue weighted by Crippen LogP contribution is 2.33. The number of nitrogens with zero attached hydrogens (tertiary/aromatic N) is 3. The van der Waals surface area contributed by atoms with Gasteiger partial charge in [-0.05, 0) is 67.6 Å². The highest BCUT2D eigenvalue weighted by molar-refractivity contribution is 7.13. The Labute approximate surface area is 230 Å². The largest absolute Gasteiger partial charge is 0.454 e. The molecule has 10 nitrogen and oxygen atoms in total. The van der Waals surface area contributed by atoms with Crippen LogP contribution in [-0.4, -0.2) is 39.4 Å². The molecule has 0 bridgehead atoms. The third-order valence-electron chi connectivity index (χ3n) is 5.26. The molecule has 0 radical (unpaired) electrons. The number of amides is 2. The van der Waals surface area contributed by atoms with Crippen molar-refractivity contribution >= 4 is 34.7 Å². The molecule has 3 heterocycles. The van der Waals surface area contributed by atoms with Gasteiger partial charge in [0.1, 0.15) is 5.60 Å². The van der Waals surface area contributed by atoms with Crippen LogP contribution in [0, 0.1) is 0 Å². The summed E-state index contributed by atoms with van der Waals surface area (Å²) >= 11 is 1.57. The number of nitrogens with one attached hydrogen (secondary N) is 2. The van der Waals surface area contributed by atoms with Crippen molar-refractivity contribution in [2.24, 2.45) is 0 Å². The zero-order valence-electron chi connectivity index (χ0n) is 22.5. The molecule has 0 unspecified atom stereocenters. The topological polar surface area (TPSA) is 117 Å². The Kier molecular flexibility index (Phi) is 8.50. The second kappa shape index (κ2) is 12.0. The summed E-state index contributed by atoms with van der Waals surface area (Å²) in [6.45, 7) is 9.94. The van der Waals surface area contributed by atoms with E-state index in [0.29, 0.717) is 29.4 Å². The van der Waals surface area contributed by atoms with E-state index in [4.69, 9.17) is 14.2 Å². The fourth-order valence-corrected chi connectivity index (χ4v) is 4.38. The summed E-state index contributed by atoms with van der Waals surface area (Å²) < 4.78 is 17.7. The molecule has 39 heavy (non-hydrogen) atoms. The van der Waals surface area contributed by atoms with Crippen molar-refractivity contribution in [3.63, 3.8) is 0 Å². The number of thiophene rings is 1. The van der Waals surface area contributed by atoms with Crippen LogP contribution >= 0.6 is 11.3 Å². The number of carbonyl (C=O) groups is 2. The molecule has 11 heteroatoms. The normalized spacial score (nSPS) is 11.8. The van der Waals surface area contributed by atoms with Gasteiger partial charge in [-0.25, -0.2) is 9.48 Å². The van der Waals surface area contributed by atoms with Crippen LogP contribution in [0.4, 0.5) is 16.2 Å². The molecule has 2 amide bonds. The van der Waals surface area contributed by atoms with Gasteiger partial charge in [-0.1, -0.05) is 37.3 Å². The minimum Gasteiger partial charge on any atom is -0.454 e. The molecular formula is C28H31N5O5S. The van der Waals surface area contributed by atoms with E-state index in [0.717, 1.165) is 16.0 Å². The number of ether oxygens (including phenoxy) is 3. The molecule has 0 fully saturated rings. The zero-order valence-corrected chi connectivity index (χ0v) is 23.3. The maximum atomic E-state index is 13.1. The van der Waals surface area contributed by atoms with Crippen LogP contribution in [0.25, 0.3) is 10.4 Å². The first-order chi connectivity index (χ1) is 18.7. The second-order valence-corrected chi connectivity index (χ2v) is 10.3. The van der Waals surface area contributed by atoms with E-state index < -0.39 is 17.6 Å². The maximum Gasteiger partial charge on any atom is 0.412 e. The number of carbonyl (C=O) groups excluding carboxylic acids is 2. The van der Waals surface area contributed by atoms with Crippen molar-refractivity contribution in [1.29, 1.82) is 0 Å². The van der Waals surface area contributed by atoms with E-state index in [2.05, 4.69) is 20.9 Å². The number of aromatic nitrogens is 3. The van der Waals surface area contributed by atoms with E-state index in [-0.39, 0.29) is 12.5 Å². The van der Waals surface area contributed by atoms with Crippen molar-refractivity contribution in [2.75, 3.05) is 17.4 Å². The molecule has 2 N–H and O–H groups in total. The predicted molar refractivity (Wildman–Crippen MR) is 151 cm³/mol. The lowest BCUT2D eigenvalue weighted by Crippen LogP contribution is -2.27. The number of rotatable bonds is 6. The minimum absolute atomic E-state index is 0.130. The highest BCUT2D eigenvalue weighted by atomic mass is 32.1. The fourth-order valence-electron chi connectivity index (χ4n) is 3.66. The van der Waals surface area contributed by atoms with Gasteiger partial charge in [0.15, 0.2) is 17.2 Å². The fraction of sp³-hybridized carbons (Fsp3) is 0.286. The lowest BCUT2D eigenvalue weighted by molar-refractivity contribution is 0.0635. The van der Waals surface area contributed by atoms with Crippen molar-refractivity contribution < 1.29 is 23.8 Å². The van der Waals surface area contributed by atoms with Gasteiger partial charge in [-0.2, -0.15) is 0 Å². The molecule has 1 aliphatic heterocycles. The van der Waals surface area contributed by atoms with Gasteiger partial charge in [-0.15, -0.1) is 16.4 Å². The Bertz CT molecular complexity index is 1440. The molecule has 0 saturated heterocycles. The van der Waals surface area contributed by atoms with Crippen molar-refractivity contribution in [3.8, 4) is 21.9 Å². The molecule has 4 aromatic rings. The van der Waals surface area contributed by atoms with E-state index >= 15 is 0 Å². The van der Waals surface area contributed by atoms with E-state index in [1.54, 1.807) is 55.1 Å². The lowest BCUT2D eigenvalue weighted by atomic mass is 10.1. The van der Waals surface area contributed by atoms with Crippen molar-refractivity contribution in [3.05, 3.63) is 71.4 Å². The summed E-state index contributed by atoms with van der Waals surface area (Å²) in [6, 6.07) is 14.9. The Morgan fingerprint density at radius 2 is 1.82 bits per heavy atom. The highest BCUT2D eigenvalue weighted by Gasteiger charge is 2.20. The first-order valence-corrected chi connectivity index (χ1v) is 13.4. The smallest absolute Gasteiger partial charge is 0.412 e. The molecule has 2 aromatic carbocycles. The van der Waals surface area contributed by atoms with E-state index in [9.17, 15) is 9.59 Å². The molecule has 0 aliphatic carbocycles. The molecular weight excluding hydrogens is 518 g/mol. The number of fused-ring (bicyclic) bond motifs is 1. The Morgan fingerprint density at radius 1 is 1.03 bits per heavy atom. The average molecular weight is 550 g/mol. The monoisotopic (exact) mass is 549 g/mol. The van der Waals surface area contributed by atoms with Gasteiger partial charge in [0.05, 0.1) is 24.1 Å². The van der Waals surface area contributed by atoms with Crippen LogP contribution in [0.2, 0.25) is 0 Å². The van der Waals surface area contributed by atoms with E-state index in [1.165, 1.54) is 0 Å². The van der Waals surface area contributed by atoms with Crippen LogP contribution in [0.15, 0.2) is 60.1 Å². The molecule has 5 rings (SSSR count). The predicted octanol–water partition coefficient (Wildman–Crippen LogP) is 6.41. The zero-order chi connectivity index (χ0) is 28.0. The summed E-state index contributed by atoms with van der Waals surface area (Å²) in [5.74, 6) is 0.904. The van der Waals surface area contributed by atoms with Crippen LogP contribution in [0.5, 0.6) is 11.5 Å². The number of hydrogen-bond donors (Lipinski definition) is 2. The van der Waals surface area contributed by atoms with Crippen LogP contribution in [-0.2, 0) is 11.3 Å². The van der Waals surface area contributed by atoms with Gasteiger partial charge < -0.3 is 19.5 Å². The summed E-state index contributed by atoms with van der Waals surface area (Å²) in [5, 5.41) is 15.7. The lowest BCUT2D eigenvalue weighted by Gasteiger charge is -2.20. The molecule has 204 valence electrons. The summed E-state index contributed by atoms with van der Waals surface area (Å²) in [7, 11) is 0. The minimum atomic E-state index is -0.666. The van der Waals surface area contributed by atoms with Crippen molar-refractivity contribution in [1.82, 2.24) is 15.0 Å². The first kappa shape index (κ1) is 27.6. The van der Waals surface area contributed by atoms with Crippen molar-refractivity contribution in [2.45, 2.75) is 46.8 Å². The quantitative estimate of drug-likeness (QED) is 0.285. The van der Waals surface area contributed by atoms with Gasteiger partial charge in [-0.3, -0.25) is 10.1 Å². The maximum absolute atomic E-state index is 13.1. The third kappa shape index (κ3) is 7.14. The van der Waals surface area contributed by atoms with Crippen LogP contribution < -0.4 is 20.1 Å². The summed E-state index contributed by atoms with van der Waals surface area (Å²) in [6.07, 6.45) is 0.936. The standard InChI is InChI=1S/C26H25N5O5S.C2H6/c1-26(2,3)36-25(33)28-18-8-7-17(23-5-4-10-37-23)12-19(18)27-24(32)20-14-31(30-29-20)13-16-6-9-21-22(11-16)35-15-34-21;1-2/h4-12,14H,13,15H2,1-3H3,(H,27,32)(H,28,33);1-2H3. The Morgan fingerprint density at radius 3 is 2.56 bits per heavy atom. The summed E-state index contributed by atoms with van der Waals surface area (Å²) in [5.41, 5.74) is 2.09.